The van der Waals surface area contributed by atoms with Gasteiger partial charge < -0.3 is 5.21 Å². The van der Waals surface area contributed by atoms with Gasteiger partial charge >= 0.3 is 17.4 Å². The molecule has 0 aliphatic carbocycles. The van der Waals surface area contributed by atoms with Gasteiger partial charge in [0.05, 0.1) is 22.7 Å². The standard InChI is InChI=1S/C19H14F3N3O3S/c20-19(21,22)13-4-2-1-3-12(13)14-6-5-11(9-23-14)10-24-15-7-8-29-16(15)17(26)25(28)18(24)27/h1-6,9,28H,7-8,10H2. The van der Waals surface area contributed by atoms with Crippen LogP contribution in [-0.2, 0) is 19.1 Å². The number of fused-ring (bicyclic) bond motifs is 1. The van der Waals surface area contributed by atoms with Crippen molar-refractivity contribution < 1.29 is 18.4 Å². The monoisotopic (exact) mass is 421 g/mol. The quantitative estimate of drug-likeness (QED) is 0.658. The van der Waals surface area contributed by atoms with E-state index in [0.717, 1.165) is 6.07 Å². The molecule has 0 radical (unpaired) electrons. The number of rotatable bonds is 3. The highest BCUT2D eigenvalue weighted by molar-refractivity contribution is 7.99. The lowest BCUT2D eigenvalue weighted by Gasteiger charge is -2.14. The summed E-state index contributed by atoms with van der Waals surface area (Å²) in [6.45, 7) is 0.0385. The van der Waals surface area contributed by atoms with Crippen LogP contribution < -0.4 is 11.2 Å². The zero-order valence-corrected chi connectivity index (χ0v) is 15.6. The van der Waals surface area contributed by atoms with Gasteiger partial charge in [0.2, 0.25) is 0 Å². The van der Waals surface area contributed by atoms with Crippen LogP contribution in [-0.4, -0.2) is 25.2 Å². The van der Waals surface area contributed by atoms with E-state index in [9.17, 15) is 28.0 Å². The number of pyridine rings is 1. The van der Waals surface area contributed by atoms with Crippen LogP contribution in [0.5, 0.6) is 0 Å². The summed E-state index contributed by atoms with van der Waals surface area (Å²) in [5, 5.41) is 9.76. The fourth-order valence-corrected chi connectivity index (χ4v) is 4.37. The molecule has 0 atom stereocenters. The molecule has 0 saturated carbocycles. The Bertz CT molecular complexity index is 1200. The molecule has 0 saturated heterocycles. The highest BCUT2D eigenvalue weighted by Crippen LogP contribution is 2.36. The molecule has 0 amide bonds. The summed E-state index contributed by atoms with van der Waals surface area (Å²) >= 11 is 1.27. The second-order valence-corrected chi connectivity index (χ2v) is 7.56. The summed E-state index contributed by atoms with van der Waals surface area (Å²) < 4.78 is 41.0. The molecule has 3 aromatic rings. The maximum absolute atomic E-state index is 13.2. The fourth-order valence-electron chi connectivity index (χ4n) is 3.28. The van der Waals surface area contributed by atoms with Gasteiger partial charge in [-0.05, 0) is 24.1 Å². The van der Waals surface area contributed by atoms with Crippen molar-refractivity contribution >= 4 is 11.8 Å². The van der Waals surface area contributed by atoms with Crippen LogP contribution in [0.2, 0.25) is 0 Å². The molecule has 1 aromatic carbocycles. The molecule has 0 bridgehead atoms. The molecule has 6 nitrogen and oxygen atoms in total. The van der Waals surface area contributed by atoms with Crippen molar-refractivity contribution in [2.45, 2.75) is 24.0 Å². The minimum atomic E-state index is -4.50. The maximum atomic E-state index is 13.2. The van der Waals surface area contributed by atoms with E-state index in [1.165, 1.54) is 46.8 Å². The molecule has 1 aliphatic rings. The summed E-state index contributed by atoms with van der Waals surface area (Å²) in [6.07, 6.45) is -2.61. The van der Waals surface area contributed by atoms with Crippen molar-refractivity contribution in [1.29, 1.82) is 0 Å². The highest BCUT2D eigenvalue weighted by Gasteiger charge is 2.33. The normalized spacial score (nSPS) is 13.5. The van der Waals surface area contributed by atoms with Crippen LogP contribution in [0.1, 0.15) is 16.8 Å². The molecule has 1 N–H and O–H groups in total. The third kappa shape index (κ3) is 3.44. The van der Waals surface area contributed by atoms with E-state index >= 15 is 0 Å². The molecule has 2 aromatic heterocycles. The van der Waals surface area contributed by atoms with Gasteiger partial charge in [0, 0.05) is 23.2 Å². The molecule has 0 fully saturated rings. The molecule has 3 heterocycles. The van der Waals surface area contributed by atoms with Gasteiger partial charge in [-0.15, -0.1) is 11.8 Å². The zero-order chi connectivity index (χ0) is 20.8. The van der Waals surface area contributed by atoms with E-state index in [1.807, 2.05) is 0 Å². The fraction of sp³-hybridized carbons (Fsp3) is 0.211. The molecular formula is C19H14F3N3O3S. The van der Waals surface area contributed by atoms with E-state index in [1.54, 1.807) is 6.07 Å². The van der Waals surface area contributed by atoms with Gasteiger partial charge in [0.25, 0.3) is 0 Å². The SMILES string of the molecule is O=c1c2c(n(Cc3ccc(-c4ccccc4C(F)(F)F)nc3)c(=O)n1O)CCS2. The van der Waals surface area contributed by atoms with Gasteiger partial charge in [0.1, 0.15) is 0 Å². The van der Waals surface area contributed by atoms with Crippen LogP contribution in [0.4, 0.5) is 13.2 Å². The Morgan fingerprint density at radius 2 is 1.90 bits per heavy atom. The Kier molecular flexibility index (Phi) is 4.73. The molecule has 0 unspecified atom stereocenters. The van der Waals surface area contributed by atoms with E-state index in [2.05, 4.69) is 4.98 Å². The van der Waals surface area contributed by atoms with Crippen molar-refractivity contribution in [2.24, 2.45) is 0 Å². The first-order chi connectivity index (χ1) is 13.8. The number of hydrogen-bond donors (Lipinski definition) is 1. The summed E-state index contributed by atoms with van der Waals surface area (Å²) in [5.41, 5.74) is -1.16. The van der Waals surface area contributed by atoms with Gasteiger partial charge in [-0.2, -0.15) is 13.2 Å². The van der Waals surface area contributed by atoms with Crippen molar-refractivity contribution in [3.8, 4) is 11.3 Å². The number of halogens is 3. The van der Waals surface area contributed by atoms with Crippen LogP contribution >= 0.6 is 11.8 Å². The van der Waals surface area contributed by atoms with Crippen molar-refractivity contribution in [3.05, 3.63) is 80.3 Å². The van der Waals surface area contributed by atoms with Crippen molar-refractivity contribution in [2.75, 3.05) is 5.75 Å². The van der Waals surface area contributed by atoms with Crippen LogP contribution in [0.15, 0.2) is 57.1 Å². The van der Waals surface area contributed by atoms with Gasteiger partial charge in [-0.1, -0.05) is 29.0 Å². The summed E-state index contributed by atoms with van der Waals surface area (Å²) in [5.74, 6) is 0.624. The lowest BCUT2D eigenvalue weighted by atomic mass is 10.0. The van der Waals surface area contributed by atoms with E-state index < -0.39 is 23.0 Å². The third-order valence-electron chi connectivity index (χ3n) is 4.65. The third-order valence-corrected chi connectivity index (χ3v) is 5.75. The number of hydrogen-bond acceptors (Lipinski definition) is 5. The van der Waals surface area contributed by atoms with Gasteiger partial charge in [0.15, 0.2) is 0 Å². The molecule has 4 rings (SSSR count). The Balaban J connectivity index is 1.70. The van der Waals surface area contributed by atoms with Gasteiger partial charge in [-0.3, -0.25) is 14.3 Å². The number of thioether (sulfide) groups is 1. The Labute approximate surface area is 166 Å². The van der Waals surface area contributed by atoms with Crippen LogP contribution in [0.3, 0.4) is 0 Å². The molecule has 10 heteroatoms. The first kappa shape index (κ1) is 19.3. The summed E-state index contributed by atoms with van der Waals surface area (Å²) in [7, 11) is 0. The molecule has 1 aliphatic heterocycles. The lowest BCUT2D eigenvalue weighted by Crippen LogP contribution is -2.41. The highest BCUT2D eigenvalue weighted by atomic mass is 32.2. The largest absolute Gasteiger partial charge is 0.421 e. The van der Waals surface area contributed by atoms with Crippen molar-refractivity contribution in [3.63, 3.8) is 0 Å². The van der Waals surface area contributed by atoms with E-state index in [4.69, 9.17) is 0 Å². The number of nitrogens with zero attached hydrogens (tertiary/aromatic N) is 3. The zero-order valence-electron chi connectivity index (χ0n) is 14.8. The predicted octanol–water partition coefficient (Wildman–Crippen LogP) is 3.02. The number of aromatic nitrogens is 3. The summed E-state index contributed by atoms with van der Waals surface area (Å²) in [6, 6.07) is 8.19. The Morgan fingerprint density at radius 3 is 2.59 bits per heavy atom. The average molecular weight is 421 g/mol. The molecule has 29 heavy (non-hydrogen) atoms. The lowest BCUT2D eigenvalue weighted by molar-refractivity contribution is -0.137. The van der Waals surface area contributed by atoms with Gasteiger partial charge in [-0.25, -0.2) is 4.79 Å². The Morgan fingerprint density at radius 1 is 1.14 bits per heavy atom. The minimum absolute atomic E-state index is 0.0371. The second kappa shape index (κ2) is 7.11. The van der Waals surface area contributed by atoms with Crippen LogP contribution in [0, 0.1) is 0 Å². The summed E-state index contributed by atoms with van der Waals surface area (Å²) in [4.78, 5) is 28.8. The van der Waals surface area contributed by atoms with E-state index in [0.29, 0.717) is 28.3 Å². The molecular weight excluding hydrogens is 407 g/mol. The Hall–Kier alpha value is -3.01. The molecule has 150 valence electrons. The second-order valence-electron chi connectivity index (χ2n) is 6.45. The van der Waals surface area contributed by atoms with E-state index in [-0.39, 0.29) is 22.5 Å². The number of benzene rings is 1. The first-order valence-corrected chi connectivity index (χ1v) is 9.58. The molecule has 0 spiro atoms. The van der Waals surface area contributed by atoms with Crippen LogP contribution in [0.25, 0.3) is 11.3 Å². The average Bonchev–Trinajstić information content (AvgIpc) is 3.19. The number of alkyl halides is 3. The maximum Gasteiger partial charge on any atom is 0.417 e. The first-order valence-electron chi connectivity index (χ1n) is 8.59. The topological polar surface area (TPSA) is 77.1 Å². The smallest absolute Gasteiger partial charge is 0.417 e. The minimum Gasteiger partial charge on any atom is -0.421 e. The predicted molar refractivity (Wildman–Crippen MR) is 100 cm³/mol. The van der Waals surface area contributed by atoms with Crippen molar-refractivity contribution in [1.82, 2.24) is 14.3 Å².